The molecule has 2 N–H and O–H groups in total. The normalized spacial score (nSPS) is 21.4. The van der Waals surface area contributed by atoms with Gasteiger partial charge >= 0.3 is 10.8 Å². The molecular formula is C20H15NO4S2. The fourth-order valence-corrected chi connectivity index (χ4v) is 5.88. The molecule has 1 aliphatic heterocycles. The molecule has 27 heavy (non-hydrogen) atoms. The number of aliphatic carboxylic acids is 1. The number of nitrogens with one attached hydrogen (secondary N) is 1. The van der Waals surface area contributed by atoms with E-state index in [0.29, 0.717) is 10.6 Å². The second-order valence-electron chi connectivity index (χ2n) is 6.23. The second kappa shape index (κ2) is 7.17. The molecule has 0 radical (unpaired) electrons. The first-order valence-corrected chi connectivity index (χ1v) is 10.0. The Balaban J connectivity index is 1.92. The summed E-state index contributed by atoms with van der Waals surface area (Å²) in [6, 6.07) is 18.0. The Bertz CT molecular complexity index is 1040. The number of hydrogen-bond acceptors (Lipinski definition) is 5. The van der Waals surface area contributed by atoms with Crippen molar-refractivity contribution in [3.8, 4) is 0 Å². The zero-order valence-electron chi connectivity index (χ0n) is 14.0. The largest absolute Gasteiger partial charge is 0.480 e. The third kappa shape index (κ3) is 3.24. The van der Waals surface area contributed by atoms with E-state index in [9.17, 15) is 19.5 Å². The third-order valence-electron chi connectivity index (χ3n) is 4.62. The van der Waals surface area contributed by atoms with Crippen LogP contribution < -0.4 is 4.87 Å². The van der Waals surface area contributed by atoms with Crippen LogP contribution in [0.25, 0.3) is 0 Å². The number of ketones is 1. The molecule has 0 saturated carbocycles. The predicted molar refractivity (Wildman–Crippen MR) is 105 cm³/mol. The molecule has 0 saturated heterocycles. The summed E-state index contributed by atoms with van der Waals surface area (Å²) < 4.78 is 0. The van der Waals surface area contributed by atoms with Gasteiger partial charge in [-0.25, -0.2) is 0 Å². The van der Waals surface area contributed by atoms with E-state index in [4.69, 9.17) is 0 Å². The van der Waals surface area contributed by atoms with Gasteiger partial charge in [-0.1, -0.05) is 83.8 Å². The highest BCUT2D eigenvalue weighted by Gasteiger charge is 2.47. The van der Waals surface area contributed by atoms with Crippen LogP contribution in [0, 0.1) is 5.92 Å². The van der Waals surface area contributed by atoms with Gasteiger partial charge in [0.25, 0.3) is 0 Å². The summed E-state index contributed by atoms with van der Waals surface area (Å²) in [6.45, 7) is 0. The van der Waals surface area contributed by atoms with E-state index in [2.05, 4.69) is 4.98 Å². The highest BCUT2D eigenvalue weighted by atomic mass is 32.2. The van der Waals surface area contributed by atoms with E-state index in [1.165, 1.54) is 0 Å². The highest BCUT2D eigenvalue weighted by Crippen LogP contribution is 2.50. The number of carbonyl (C=O) groups is 2. The maximum Gasteiger partial charge on any atom is 0.317 e. The summed E-state index contributed by atoms with van der Waals surface area (Å²) in [6.07, 6.45) is 0. The molecule has 0 amide bonds. The molecule has 2 heterocycles. The summed E-state index contributed by atoms with van der Waals surface area (Å²) in [7, 11) is 0. The van der Waals surface area contributed by atoms with Gasteiger partial charge < -0.3 is 10.1 Å². The smallest absolute Gasteiger partial charge is 0.317 e. The molecule has 0 fully saturated rings. The lowest BCUT2D eigenvalue weighted by Crippen LogP contribution is -2.39. The van der Waals surface area contributed by atoms with Gasteiger partial charge in [-0.15, -0.1) is 0 Å². The number of carboxylic acids is 1. The van der Waals surface area contributed by atoms with Gasteiger partial charge in [-0.2, -0.15) is 0 Å². The Labute approximate surface area is 163 Å². The Hall–Kier alpha value is -2.64. The molecule has 0 bridgehead atoms. The number of aromatic amines is 1. The van der Waals surface area contributed by atoms with E-state index >= 15 is 0 Å². The lowest BCUT2D eigenvalue weighted by molar-refractivity contribution is -0.137. The van der Waals surface area contributed by atoms with Crippen LogP contribution >= 0.6 is 23.1 Å². The van der Waals surface area contributed by atoms with Crippen molar-refractivity contribution < 1.29 is 14.7 Å². The van der Waals surface area contributed by atoms with Gasteiger partial charge in [0, 0.05) is 16.4 Å². The topological polar surface area (TPSA) is 87.2 Å². The molecule has 7 heteroatoms. The summed E-state index contributed by atoms with van der Waals surface area (Å²) >= 11 is 2.10. The number of fused-ring (bicyclic) bond motifs is 1. The maximum atomic E-state index is 13.4. The van der Waals surface area contributed by atoms with Crippen LogP contribution in [0.2, 0.25) is 0 Å². The zero-order valence-corrected chi connectivity index (χ0v) is 15.6. The quantitative estimate of drug-likeness (QED) is 0.657. The molecule has 0 unspecified atom stereocenters. The Morgan fingerprint density at radius 3 is 2.22 bits per heavy atom. The standard InChI is InChI=1S/C20H15NO4S2/c22-15(12-9-5-2-6-10-12)14-13(11-7-3-1-4-8-11)16-18(21-20(25)27-16)26-17(14)19(23)24/h1-10,13-14,17H,(H,21,25)(H,23,24)/t13-,14-,17+/m0/s1. The van der Waals surface area contributed by atoms with Crippen LogP contribution in [0.3, 0.4) is 0 Å². The third-order valence-corrected chi connectivity index (χ3v) is 7.02. The first-order chi connectivity index (χ1) is 13.1. The van der Waals surface area contributed by atoms with Gasteiger partial charge in [0.05, 0.1) is 10.9 Å². The van der Waals surface area contributed by atoms with Crippen LogP contribution in [0.5, 0.6) is 0 Å². The van der Waals surface area contributed by atoms with Crippen molar-refractivity contribution in [3.05, 3.63) is 86.3 Å². The summed E-state index contributed by atoms with van der Waals surface area (Å²) in [5.41, 5.74) is 1.30. The lowest BCUT2D eigenvalue weighted by atomic mass is 9.78. The molecule has 4 rings (SSSR count). The number of thioether (sulfide) groups is 1. The van der Waals surface area contributed by atoms with E-state index in [1.54, 1.807) is 24.3 Å². The van der Waals surface area contributed by atoms with Crippen LogP contribution in [-0.4, -0.2) is 27.1 Å². The molecule has 1 aromatic heterocycles. The number of thiazole rings is 1. The molecular weight excluding hydrogens is 382 g/mol. The highest BCUT2D eigenvalue weighted by molar-refractivity contribution is 8.00. The fourth-order valence-electron chi connectivity index (χ4n) is 3.46. The van der Waals surface area contributed by atoms with E-state index in [0.717, 1.165) is 33.5 Å². The minimum Gasteiger partial charge on any atom is -0.480 e. The van der Waals surface area contributed by atoms with Gasteiger partial charge in [0.1, 0.15) is 5.25 Å². The van der Waals surface area contributed by atoms with Crippen molar-refractivity contribution >= 4 is 34.9 Å². The number of carboxylic acid groups (broad SMARTS) is 1. The van der Waals surface area contributed by atoms with Crippen molar-refractivity contribution in [3.63, 3.8) is 0 Å². The van der Waals surface area contributed by atoms with Gasteiger partial charge in [-0.05, 0) is 5.56 Å². The molecule has 0 aliphatic carbocycles. The van der Waals surface area contributed by atoms with Crippen LogP contribution in [0.15, 0.2) is 70.5 Å². The Morgan fingerprint density at radius 2 is 1.59 bits per heavy atom. The van der Waals surface area contributed by atoms with Crippen molar-refractivity contribution in [1.29, 1.82) is 0 Å². The predicted octanol–water partition coefficient (Wildman–Crippen LogP) is 3.63. The van der Waals surface area contributed by atoms with Crippen molar-refractivity contribution in [1.82, 2.24) is 4.98 Å². The first kappa shape index (κ1) is 17.8. The summed E-state index contributed by atoms with van der Waals surface area (Å²) in [5, 5.41) is 9.40. The zero-order chi connectivity index (χ0) is 19.0. The number of carbonyl (C=O) groups excluding carboxylic acids is 1. The Morgan fingerprint density at radius 1 is 0.963 bits per heavy atom. The fraction of sp³-hybridized carbons (Fsp3) is 0.150. The van der Waals surface area contributed by atoms with Gasteiger partial charge in [0.2, 0.25) is 0 Å². The monoisotopic (exact) mass is 397 g/mol. The first-order valence-electron chi connectivity index (χ1n) is 8.33. The minimum atomic E-state index is -1.06. The Kier molecular flexibility index (Phi) is 4.72. The number of Topliss-reactive ketones (excluding diaryl/α,β-unsaturated/α-hetero) is 1. The number of H-pyrrole nitrogens is 1. The molecule has 5 nitrogen and oxygen atoms in total. The van der Waals surface area contributed by atoms with Crippen molar-refractivity contribution in [2.45, 2.75) is 16.2 Å². The number of aromatic nitrogens is 1. The molecule has 2 aromatic carbocycles. The van der Waals surface area contributed by atoms with Crippen molar-refractivity contribution in [2.75, 3.05) is 0 Å². The molecule has 3 atom stereocenters. The average Bonchev–Trinajstić information content (AvgIpc) is 3.07. The van der Waals surface area contributed by atoms with Gasteiger partial charge in [0.15, 0.2) is 5.78 Å². The lowest BCUT2D eigenvalue weighted by Gasteiger charge is -2.34. The SMILES string of the molecule is O=C(c1ccccc1)[C@@H]1[C@H](c2ccccc2)c2sc(=O)[nH]c2S[C@H]1C(=O)O. The molecule has 3 aromatic rings. The van der Waals surface area contributed by atoms with E-state index < -0.39 is 23.1 Å². The summed E-state index contributed by atoms with van der Waals surface area (Å²) in [5.74, 6) is -2.58. The summed E-state index contributed by atoms with van der Waals surface area (Å²) in [4.78, 5) is 40.6. The van der Waals surface area contributed by atoms with Crippen molar-refractivity contribution in [2.24, 2.45) is 5.92 Å². The molecule has 0 spiro atoms. The van der Waals surface area contributed by atoms with Crippen LogP contribution in [0.1, 0.15) is 26.7 Å². The number of rotatable bonds is 4. The van der Waals surface area contributed by atoms with Gasteiger partial charge in [-0.3, -0.25) is 14.4 Å². The van der Waals surface area contributed by atoms with E-state index in [1.807, 2.05) is 36.4 Å². The van der Waals surface area contributed by atoms with E-state index in [-0.39, 0.29) is 10.7 Å². The van der Waals surface area contributed by atoms with Crippen LogP contribution in [0.4, 0.5) is 0 Å². The van der Waals surface area contributed by atoms with Crippen LogP contribution in [-0.2, 0) is 4.79 Å². The maximum absolute atomic E-state index is 13.4. The number of benzene rings is 2. The molecule has 1 aliphatic rings. The minimum absolute atomic E-state index is 0.226. The molecule has 136 valence electrons. The second-order valence-corrected chi connectivity index (χ2v) is 8.40. The average molecular weight is 397 g/mol. The number of hydrogen-bond donors (Lipinski definition) is 2.